The Balaban J connectivity index is 2.06. The lowest BCUT2D eigenvalue weighted by Gasteiger charge is -2.21. The van der Waals surface area contributed by atoms with E-state index in [1.807, 2.05) is 0 Å². The topological polar surface area (TPSA) is 77.8 Å². The van der Waals surface area contributed by atoms with E-state index in [2.05, 4.69) is 0 Å². The lowest BCUT2D eigenvalue weighted by atomic mass is 10.1. The van der Waals surface area contributed by atoms with Crippen LogP contribution in [0, 0.1) is 0 Å². The summed E-state index contributed by atoms with van der Waals surface area (Å²) in [6.07, 6.45) is -0.578. The Morgan fingerprint density at radius 3 is 2.53 bits per heavy atom. The van der Waals surface area contributed by atoms with Crippen LogP contribution in [0.3, 0.4) is 0 Å². The Morgan fingerprint density at radius 1 is 1.32 bits per heavy atom. The monoisotopic (exact) mass is 283 g/mol. The van der Waals surface area contributed by atoms with Gasteiger partial charge < -0.3 is 15.1 Å². The van der Waals surface area contributed by atoms with Crippen LogP contribution >= 0.6 is 11.6 Å². The maximum absolute atomic E-state index is 12.1. The zero-order valence-electron chi connectivity index (χ0n) is 10.1. The van der Waals surface area contributed by atoms with E-state index >= 15 is 0 Å². The molecule has 0 aromatic heterocycles. The van der Waals surface area contributed by atoms with E-state index in [4.69, 9.17) is 16.7 Å². The second-order valence-corrected chi connectivity index (χ2v) is 5.03. The number of β-amino-alcohol motifs (C(OH)–C–C–N with tert-alkyl or cyclic N) is 1. The van der Waals surface area contributed by atoms with Gasteiger partial charge in [-0.15, -0.1) is 0 Å². The van der Waals surface area contributed by atoms with E-state index in [0.29, 0.717) is 5.02 Å². The smallest absolute Gasteiger partial charge is 0.326 e. The second kappa shape index (κ2) is 5.59. The summed E-state index contributed by atoms with van der Waals surface area (Å²) in [6.45, 7) is 0.0728. The zero-order valence-corrected chi connectivity index (χ0v) is 10.9. The maximum Gasteiger partial charge on any atom is 0.326 e. The van der Waals surface area contributed by atoms with E-state index in [1.165, 1.54) is 4.90 Å². The lowest BCUT2D eigenvalue weighted by molar-refractivity contribution is -0.148. The van der Waals surface area contributed by atoms with E-state index < -0.39 is 18.1 Å². The zero-order chi connectivity index (χ0) is 14.0. The van der Waals surface area contributed by atoms with Crippen molar-refractivity contribution in [3.05, 3.63) is 34.9 Å². The predicted molar refractivity (Wildman–Crippen MR) is 68.9 cm³/mol. The summed E-state index contributed by atoms with van der Waals surface area (Å²) in [7, 11) is 0. The molecule has 0 spiro atoms. The number of aliphatic hydroxyl groups is 1. The first kappa shape index (κ1) is 13.8. The van der Waals surface area contributed by atoms with Crippen LogP contribution in [0.25, 0.3) is 0 Å². The number of hydrogen-bond acceptors (Lipinski definition) is 3. The standard InChI is InChI=1S/C13H14ClNO4/c14-9-3-1-8(2-4-9)5-12(17)15-7-10(16)6-11(15)13(18)19/h1-4,10-11,16H,5-7H2,(H,18,19)/t10?,11-/m0/s1. The predicted octanol–water partition coefficient (Wildman–Crippen LogP) is 0.929. The van der Waals surface area contributed by atoms with E-state index in [-0.39, 0.29) is 25.3 Å². The quantitative estimate of drug-likeness (QED) is 0.865. The molecular formula is C13H14ClNO4. The number of carbonyl (C=O) groups excluding carboxylic acids is 1. The van der Waals surface area contributed by atoms with Gasteiger partial charge in [-0.3, -0.25) is 4.79 Å². The van der Waals surface area contributed by atoms with Gasteiger partial charge in [0.15, 0.2) is 0 Å². The van der Waals surface area contributed by atoms with Crippen molar-refractivity contribution in [2.75, 3.05) is 6.54 Å². The lowest BCUT2D eigenvalue weighted by Crippen LogP contribution is -2.41. The van der Waals surface area contributed by atoms with Gasteiger partial charge in [0.25, 0.3) is 0 Å². The molecule has 1 heterocycles. The Labute approximate surface area is 115 Å². The molecule has 1 unspecified atom stereocenters. The largest absolute Gasteiger partial charge is 0.480 e. The Morgan fingerprint density at radius 2 is 1.95 bits per heavy atom. The van der Waals surface area contributed by atoms with E-state index in [0.717, 1.165) is 5.56 Å². The number of carbonyl (C=O) groups is 2. The first-order valence-corrected chi connectivity index (χ1v) is 6.30. The number of rotatable bonds is 3. The minimum Gasteiger partial charge on any atom is -0.480 e. The number of halogens is 1. The summed E-state index contributed by atoms with van der Waals surface area (Å²) in [4.78, 5) is 24.3. The highest BCUT2D eigenvalue weighted by atomic mass is 35.5. The van der Waals surface area contributed by atoms with Gasteiger partial charge in [0.2, 0.25) is 5.91 Å². The fourth-order valence-electron chi connectivity index (χ4n) is 2.20. The van der Waals surface area contributed by atoms with Crippen molar-refractivity contribution in [3.8, 4) is 0 Å². The van der Waals surface area contributed by atoms with Gasteiger partial charge >= 0.3 is 5.97 Å². The summed E-state index contributed by atoms with van der Waals surface area (Å²) >= 11 is 5.75. The minimum absolute atomic E-state index is 0.0728. The number of aliphatic hydroxyl groups excluding tert-OH is 1. The van der Waals surface area contributed by atoms with Crippen LogP contribution in [0.15, 0.2) is 24.3 Å². The van der Waals surface area contributed by atoms with Crippen molar-refractivity contribution in [2.45, 2.75) is 25.0 Å². The minimum atomic E-state index is -1.08. The average molecular weight is 284 g/mol. The molecule has 1 aliphatic heterocycles. The van der Waals surface area contributed by atoms with Crippen LogP contribution < -0.4 is 0 Å². The van der Waals surface area contributed by atoms with Crippen LogP contribution in [-0.2, 0) is 16.0 Å². The van der Waals surface area contributed by atoms with Gasteiger partial charge in [-0.05, 0) is 17.7 Å². The summed E-state index contributed by atoms with van der Waals surface area (Å²) in [6, 6.07) is 5.87. The number of aliphatic carboxylic acids is 1. The summed E-state index contributed by atoms with van der Waals surface area (Å²) in [5.41, 5.74) is 0.764. The molecule has 2 N–H and O–H groups in total. The Kier molecular flexibility index (Phi) is 4.07. The second-order valence-electron chi connectivity index (χ2n) is 4.59. The molecular weight excluding hydrogens is 270 g/mol. The molecule has 1 fully saturated rings. The third-order valence-corrected chi connectivity index (χ3v) is 3.40. The van der Waals surface area contributed by atoms with Crippen LogP contribution in [-0.4, -0.2) is 45.7 Å². The van der Waals surface area contributed by atoms with Crippen molar-refractivity contribution in [1.82, 2.24) is 4.90 Å². The summed E-state index contributed by atoms with van der Waals surface area (Å²) < 4.78 is 0. The van der Waals surface area contributed by atoms with E-state index in [9.17, 15) is 14.7 Å². The molecule has 1 saturated heterocycles. The highest BCUT2D eigenvalue weighted by Gasteiger charge is 2.38. The summed E-state index contributed by atoms with van der Waals surface area (Å²) in [5.74, 6) is -1.38. The van der Waals surface area contributed by atoms with Gasteiger partial charge in [-0.1, -0.05) is 23.7 Å². The van der Waals surface area contributed by atoms with Crippen molar-refractivity contribution in [2.24, 2.45) is 0 Å². The highest BCUT2D eigenvalue weighted by molar-refractivity contribution is 6.30. The SMILES string of the molecule is O=C(O)[C@@H]1CC(O)CN1C(=O)Cc1ccc(Cl)cc1. The average Bonchev–Trinajstić information content (AvgIpc) is 2.74. The van der Waals surface area contributed by atoms with Gasteiger partial charge in [-0.2, -0.15) is 0 Å². The number of nitrogens with zero attached hydrogens (tertiary/aromatic N) is 1. The third-order valence-electron chi connectivity index (χ3n) is 3.15. The van der Waals surface area contributed by atoms with Crippen molar-refractivity contribution < 1.29 is 19.8 Å². The van der Waals surface area contributed by atoms with Crippen LogP contribution in [0.2, 0.25) is 5.02 Å². The molecule has 2 atom stereocenters. The third kappa shape index (κ3) is 3.24. The maximum atomic E-state index is 12.1. The Hall–Kier alpha value is -1.59. The number of likely N-dealkylation sites (tertiary alicyclic amines) is 1. The normalized spacial score (nSPS) is 22.5. The van der Waals surface area contributed by atoms with Crippen LogP contribution in [0.5, 0.6) is 0 Å². The molecule has 0 saturated carbocycles. The molecule has 1 aliphatic rings. The highest BCUT2D eigenvalue weighted by Crippen LogP contribution is 2.20. The van der Waals surface area contributed by atoms with Crippen molar-refractivity contribution in [3.63, 3.8) is 0 Å². The van der Waals surface area contributed by atoms with Crippen LogP contribution in [0.1, 0.15) is 12.0 Å². The molecule has 0 bridgehead atoms. The molecule has 19 heavy (non-hydrogen) atoms. The number of carboxylic acids is 1. The van der Waals surface area contributed by atoms with Gasteiger partial charge in [-0.25, -0.2) is 4.79 Å². The first-order valence-electron chi connectivity index (χ1n) is 5.92. The molecule has 0 radical (unpaired) electrons. The molecule has 6 heteroatoms. The number of hydrogen-bond donors (Lipinski definition) is 2. The number of carboxylic acid groups (broad SMARTS) is 1. The fraction of sp³-hybridized carbons (Fsp3) is 0.385. The first-order chi connectivity index (χ1) is 8.97. The van der Waals surface area contributed by atoms with Crippen LogP contribution in [0.4, 0.5) is 0 Å². The number of benzene rings is 1. The summed E-state index contributed by atoms with van der Waals surface area (Å²) in [5, 5.41) is 19.1. The Bertz CT molecular complexity index is 488. The van der Waals surface area contributed by atoms with Crippen molar-refractivity contribution in [1.29, 1.82) is 0 Å². The fourth-order valence-corrected chi connectivity index (χ4v) is 2.33. The number of amides is 1. The van der Waals surface area contributed by atoms with Gasteiger partial charge in [0.05, 0.1) is 12.5 Å². The molecule has 102 valence electrons. The van der Waals surface area contributed by atoms with Gasteiger partial charge in [0.1, 0.15) is 6.04 Å². The molecule has 1 amide bonds. The molecule has 1 aromatic carbocycles. The van der Waals surface area contributed by atoms with Crippen molar-refractivity contribution >= 4 is 23.5 Å². The van der Waals surface area contributed by atoms with Gasteiger partial charge in [0, 0.05) is 18.0 Å². The van der Waals surface area contributed by atoms with E-state index in [1.54, 1.807) is 24.3 Å². The molecule has 0 aliphatic carbocycles. The molecule has 1 aromatic rings. The molecule has 2 rings (SSSR count). The molecule has 5 nitrogen and oxygen atoms in total.